The van der Waals surface area contributed by atoms with Gasteiger partial charge in [0.05, 0.1) is 11.9 Å². The first kappa shape index (κ1) is 24.9. The van der Waals surface area contributed by atoms with Crippen molar-refractivity contribution in [2.24, 2.45) is 5.41 Å². The van der Waals surface area contributed by atoms with Gasteiger partial charge in [0.2, 0.25) is 0 Å². The number of benzene rings is 3. The predicted octanol–water partition coefficient (Wildman–Crippen LogP) is 7.64. The Balaban J connectivity index is 1.27. The minimum Gasteiger partial charge on any atom is -0.454 e. The molecule has 7 nitrogen and oxygen atoms in total. The average molecular weight is 581 g/mol. The molecule has 4 aliphatic heterocycles. The molecule has 5 atom stereocenters. The summed E-state index contributed by atoms with van der Waals surface area (Å²) in [5, 5.41) is 2.38. The Bertz CT molecular complexity index is 2070. The quantitative estimate of drug-likeness (QED) is 0.213. The van der Waals surface area contributed by atoms with Gasteiger partial charge < -0.3 is 24.0 Å². The summed E-state index contributed by atoms with van der Waals surface area (Å²) in [7, 11) is 4.46. The molecule has 0 saturated carbocycles. The Labute approximate surface area is 257 Å². The van der Waals surface area contributed by atoms with E-state index in [9.17, 15) is 0 Å². The molecule has 220 valence electrons. The molecular formula is C37H36N6O. The fraction of sp³-hybridized carbons (Fsp3) is 0.351. The molecule has 0 radical (unpaired) electrons. The third-order valence-corrected chi connectivity index (χ3v) is 12.2. The molecule has 0 amide bonds. The van der Waals surface area contributed by atoms with Gasteiger partial charge in [-0.3, -0.25) is 0 Å². The molecule has 5 unspecified atom stereocenters. The monoisotopic (exact) mass is 580 g/mol. The second-order valence-corrected chi connectivity index (χ2v) is 13.8. The number of furan rings is 1. The van der Waals surface area contributed by atoms with Crippen LogP contribution in [0.2, 0.25) is 0 Å². The minimum atomic E-state index is -0.0999. The van der Waals surface area contributed by atoms with Crippen molar-refractivity contribution < 1.29 is 4.42 Å². The molecule has 10 rings (SSSR count). The van der Waals surface area contributed by atoms with Gasteiger partial charge in [0, 0.05) is 53.8 Å². The van der Waals surface area contributed by atoms with Gasteiger partial charge in [-0.2, -0.15) is 0 Å². The van der Waals surface area contributed by atoms with Gasteiger partial charge in [0.15, 0.2) is 11.4 Å². The second kappa shape index (κ2) is 8.14. The highest BCUT2D eigenvalue weighted by Crippen LogP contribution is 2.70. The van der Waals surface area contributed by atoms with Gasteiger partial charge in [-0.25, -0.2) is 9.97 Å². The van der Waals surface area contributed by atoms with Gasteiger partial charge in [0.1, 0.15) is 29.9 Å². The van der Waals surface area contributed by atoms with Gasteiger partial charge in [-0.05, 0) is 60.4 Å². The van der Waals surface area contributed by atoms with Crippen LogP contribution in [0, 0.1) is 5.41 Å². The second-order valence-electron chi connectivity index (χ2n) is 13.8. The summed E-state index contributed by atoms with van der Waals surface area (Å²) in [6, 6.07) is 20.5. The van der Waals surface area contributed by atoms with Crippen LogP contribution in [0.1, 0.15) is 55.7 Å². The lowest BCUT2D eigenvalue weighted by Gasteiger charge is -2.61. The summed E-state index contributed by atoms with van der Waals surface area (Å²) in [6.07, 6.45) is 12.9. The lowest BCUT2D eigenvalue weighted by Crippen LogP contribution is -2.64. The van der Waals surface area contributed by atoms with Crippen molar-refractivity contribution in [1.29, 1.82) is 0 Å². The molecule has 0 fully saturated rings. The summed E-state index contributed by atoms with van der Waals surface area (Å²) in [4.78, 5) is 19.2. The van der Waals surface area contributed by atoms with Gasteiger partial charge in [-0.1, -0.05) is 56.3 Å². The number of hydrogen-bond acceptors (Lipinski definition) is 7. The Morgan fingerprint density at radius 2 is 1.86 bits per heavy atom. The zero-order chi connectivity index (χ0) is 29.5. The Morgan fingerprint density at radius 3 is 2.75 bits per heavy atom. The molecule has 5 aliphatic rings. The Hall–Kier alpha value is -4.52. The van der Waals surface area contributed by atoms with Crippen LogP contribution in [0.3, 0.4) is 0 Å². The van der Waals surface area contributed by atoms with Crippen molar-refractivity contribution in [2.45, 2.75) is 63.2 Å². The molecule has 3 aromatic carbocycles. The van der Waals surface area contributed by atoms with E-state index in [0.717, 1.165) is 48.4 Å². The zero-order valence-electron chi connectivity index (χ0n) is 25.7. The molecule has 6 heterocycles. The van der Waals surface area contributed by atoms with Crippen LogP contribution in [-0.4, -0.2) is 41.3 Å². The Morgan fingerprint density at radius 1 is 0.977 bits per heavy atom. The van der Waals surface area contributed by atoms with Crippen LogP contribution in [0.25, 0.3) is 21.9 Å². The average Bonchev–Trinajstić information content (AvgIpc) is 3.76. The molecule has 0 saturated heterocycles. The van der Waals surface area contributed by atoms with Crippen LogP contribution in [0.5, 0.6) is 0 Å². The number of rotatable bonds is 2. The highest BCUT2D eigenvalue weighted by molar-refractivity contribution is 6.10. The van der Waals surface area contributed by atoms with E-state index in [-0.39, 0.29) is 23.2 Å². The number of para-hydroxylation sites is 1. The van der Waals surface area contributed by atoms with Gasteiger partial charge >= 0.3 is 0 Å². The maximum Gasteiger partial charge on any atom is 0.161 e. The topological polar surface area (TPSA) is 51.9 Å². The lowest BCUT2D eigenvalue weighted by molar-refractivity contribution is 0.0594. The molecule has 5 aromatic rings. The third-order valence-electron chi connectivity index (χ3n) is 12.2. The molecule has 1 aliphatic carbocycles. The maximum atomic E-state index is 6.79. The first-order chi connectivity index (χ1) is 21.5. The summed E-state index contributed by atoms with van der Waals surface area (Å²) in [5.41, 5.74) is 9.79. The fourth-order valence-electron chi connectivity index (χ4n) is 10.2. The Kier molecular flexibility index (Phi) is 4.60. The number of aromatic nitrogens is 2. The highest BCUT2D eigenvalue weighted by atomic mass is 16.3. The minimum absolute atomic E-state index is 0.0904. The van der Waals surface area contributed by atoms with Gasteiger partial charge in [0.25, 0.3) is 0 Å². The van der Waals surface area contributed by atoms with Crippen molar-refractivity contribution in [3.63, 3.8) is 0 Å². The molecule has 0 N–H and O–H groups in total. The first-order valence-corrected chi connectivity index (χ1v) is 16.0. The summed E-state index contributed by atoms with van der Waals surface area (Å²) >= 11 is 0. The molecule has 0 spiro atoms. The van der Waals surface area contributed by atoms with Crippen molar-refractivity contribution in [3.05, 3.63) is 96.2 Å². The predicted molar refractivity (Wildman–Crippen MR) is 175 cm³/mol. The number of hydrogen-bond donors (Lipinski definition) is 0. The van der Waals surface area contributed by atoms with Crippen molar-refractivity contribution in [3.8, 4) is 0 Å². The van der Waals surface area contributed by atoms with E-state index in [2.05, 4.69) is 120 Å². The number of fused-ring (bicyclic) bond motifs is 12. The van der Waals surface area contributed by atoms with Crippen molar-refractivity contribution in [2.75, 3.05) is 28.8 Å². The van der Waals surface area contributed by atoms with E-state index in [1.807, 2.05) is 6.20 Å². The van der Waals surface area contributed by atoms with Crippen LogP contribution < -0.4 is 14.7 Å². The van der Waals surface area contributed by atoms with Crippen LogP contribution in [0.4, 0.5) is 22.9 Å². The van der Waals surface area contributed by atoms with E-state index in [0.29, 0.717) is 5.92 Å². The zero-order valence-corrected chi connectivity index (χ0v) is 25.7. The van der Waals surface area contributed by atoms with E-state index in [1.165, 1.54) is 38.8 Å². The standard InChI is InChI=1S/C37H36N6O/c1-5-36(2)35-41(4)29-20-38-21-39-34(29)43(35)28-14-10-22-18-27(28)37(36,19-22)26-13-15-31-40(3)16-17-42(31)32-25(26)12-11-24-23-8-6-7-9-30(23)44-33(24)32/h6-12,14,16-18,20-21,26,31,35H,5,13,15,19H2,1-4H3. The summed E-state index contributed by atoms with van der Waals surface area (Å²) in [5.74, 6) is 1.32. The van der Waals surface area contributed by atoms with E-state index in [4.69, 9.17) is 9.40 Å². The smallest absolute Gasteiger partial charge is 0.161 e. The maximum absolute atomic E-state index is 6.79. The molecule has 7 heteroatoms. The van der Waals surface area contributed by atoms with Crippen LogP contribution in [0.15, 0.2) is 83.9 Å². The van der Waals surface area contributed by atoms with Crippen molar-refractivity contribution >= 4 is 44.8 Å². The summed E-state index contributed by atoms with van der Waals surface area (Å²) < 4.78 is 6.79. The van der Waals surface area contributed by atoms with Gasteiger partial charge in [-0.15, -0.1) is 0 Å². The van der Waals surface area contributed by atoms with E-state index in [1.54, 1.807) is 6.33 Å². The normalized spacial score (nSPS) is 29.3. The SMILES string of the molecule is CCC1(C)C2N(C)c3cncnc3N2c2ccc3cc2C1(C1CCC2N(C)C=CN2c2c1ccc1c2oc2ccccc21)C3. The highest BCUT2D eigenvalue weighted by Gasteiger charge is 2.67. The van der Waals surface area contributed by atoms with Crippen LogP contribution >= 0.6 is 0 Å². The number of nitrogens with zero attached hydrogens (tertiary/aromatic N) is 6. The molecule has 2 aromatic heterocycles. The van der Waals surface area contributed by atoms with Crippen LogP contribution in [-0.2, 0) is 11.8 Å². The molecular weight excluding hydrogens is 544 g/mol. The van der Waals surface area contributed by atoms with E-state index < -0.39 is 0 Å². The third kappa shape index (κ3) is 2.68. The number of anilines is 4. The van der Waals surface area contributed by atoms with E-state index >= 15 is 0 Å². The first-order valence-electron chi connectivity index (χ1n) is 16.0. The molecule has 44 heavy (non-hydrogen) atoms. The summed E-state index contributed by atoms with van der Waals surface area (Å²) in [6.45, 7) is 4.97. The molecule has 2 bridgehead atoms. The lowest BCUT2D eigenvalue weighted by atomic mass is 9.49. The largest absolute Gasteiger partial charge is 0.454 e. The fourth-order valence-corrected chi connectivity index (χ4v) is 10.2. The van der Waals surface area contributed by atoms with Crippen molar-refractivity contribution in [1.82, 2.24) is 14.9 Å².